The van der Waals surface area contributed by atoms with Crippen molar-refractivity contribution in [2.24, 2.45) is 5.92 Å². The molecular formula is C12H21NO3. The third kappa shape index (κ3) is 5.14. The summed E-state index contributed by atoms with van der Waals surface area (Å²) in [6, 6.07) is 0. The lowest BCUT2D eigenvalue weighted by molar-refractivity contribution is -0.137. The highest BCUT2D eigenvalue weighted by Crippen LogP contribution is 2.19. The number of carbonyl (C=O) groups is 2. The van der Waals surface area contributed by atoms with Crippen molar-refractivity contribution in [2.45, 2.75) is 51.4 Å². The van der Waals surface area contributed by atoms with Crippen molar-refractivity contribution in [1.29, 1.82) is 0 Å². The number of aliphatic carboxylic acids is 1. The second-order valence-electron chi connectivity index (χ2n) is 4.48. The SMILES string of the molecule is O=C(O)CCCCCC1CCCCNC1=O. The van der Waals surface area contributed by atoms with Crippen molar-refractivity contribution in [3.8, 4) is 0 Å². The topological polar surface area (TPSA) is 66.4 Å². The predicted molar refractivity (Wildman–Crippen MR) is 61.1 cm³/mol. The molecule has 1 fully saturated rings. The highest BCUT2D eigenvalue weighted by molar-refractivity contribution is 5.78. The molecule has 16 heavy (non-hydrogen) atoms. The van der Waals surface area contributed by atoms with Crippen molar-refractivity contribution in [3.05, 3.63) is 0 Å². The second kappa shape index (κ2) is 7.25. The Labute approximate surface area is 96.4 Å². The first-order valence-electron chi connectivity index (χ1n) is 6.19. The lowest BCUT2D eigenvalue weighted by Gasteiger charge is -2.12. The van der Waals surface area contributed by atoms with Gasteiger partial charge in [-0.05, 0) is 25.7 Å². The van der Waals surface area contributed by atoms with Gasteiger partial charge in [0.2, 0.25) is 5.91 Å². The number of hydrogen-bond donors (Lipinski definition) is 2. The van der Waals surface area contributed by atoms with Gasteiger partial charge >= 0.3 is 5.97 Å². The Morgan fingerprint density at radius 1 is 1.31 bits per heavy atom. The summed E-state index contributed by atoms with van der Waals surface area (Å²) in [5, 5.41) is 11.4. The molecule has 0 aromatic heterocycles. The number of rotatable bonds is 6. The average Bonchev–Trinajstić information content (AvgIpc) is 2.43. The van der Waals surface area contributed by atoms with Gasteiger partial charge in [-0.2, -0.15) is 0 Å². The van der Waals surface area contributed by atoms with Crippen molar-refractivity contribution in [1.82, 2.24) is 5.32 Å². The predicted octanol–water partition coefficient (Wildman–Crippen LogP) is 1.94. The molecule has 1 heterocycles. The summed E-state index contributed by atoms with van der Waals surface area (Å²) >= 11 is 0. The van der Waals surface area contributed by atoms with Crippen LogP contribution in [0.4, 0.5) is 0 Å². The van der Waals surface area contributed by atoms with Gasteiger partial charge in [0.05, 0.1) is 0 Å². The van der Waals surface area contributed by atoms with Gasteiger partial charge in [0.15, 0.2) is 0 Å². The van der Waals surface area contributed by atoms with E-state index in [1.807, 2.05) is 0 Å². The van der Waals surface area contributed by atoms with Crippen molar-refractivity contribution in [2.75, 3.05) is 6.54 Å². The molecule has 0 saturated carbocycles. The fraction of sp³-hybridized carbons (Fsp3) is 0.833. The Balaban J connectivity index is 2.10. The second-order valence-corrected chi connectivity index (χ2v) is 4.48. The molecule has 92 valence electrons. The number of hydrogen-bond acceptors (Lipinski definition) is 2. The first-order valence-corrected chi connectivity index (χ1v) is 6.19. The van der Waals surface area contributed by atoms with Crippen LogP contribution in [-0.4, -0.2) is 23.5 Å². The Morgan fingerprint density at radius 3 is 2.88 bits per heavy atom. The monoisotopic (exact) mass is 227 g/mol. The number of nitrogens with one attached hydrogen (secondary N) is 1. The molecule has 1 rings (SSSR count). The Morgan fingerprint density at radius 2 is 2.12 bits per heavy atom. The highest BCUT2D eigenvalue weighted by Gasteiger charge is 2.19. The molecule has 1 amide bonds. The number of carboxylic acids is 1. The van der Waals surface area contributed by atoms with Crippen LogP contribution in [0.3, 0.4) is 0 Å². The summed E-state index contributed by atoms with van der Waals surface area (Å²) in [6.45, 7) is 0.814. The summed E-state index contributed by atoms with van der Waals surface area (Å²) in [5.74, 6) is -0.379. The maximum absolute atomic E-state index is 11.6. The van der Waals surface area contributed by atoms with Crippen LogP contribution >= 0.6 is 0 Å². The van der Waals surface area contributed by atoms with Crippen LogP contribution in [0.1, 0.15) is 51.4 Å². The van der Waals surface area contributed by atoms with E-state index < -0.39 is 5.97 Å². The quantitative estimate of drug-likeness (QED) is 0.681. The molecule has 1 aliphatic heterocycles. The molecule has 2 N–H and O–H groups in total. The minimum absolute atomic E-state index is 0.160. The summed E-state index contributed by atoms with van der Waals surface area (Å²) in [6.07, 6.45) is 6.96. The van der Waals surface area contributed by atoms with E-state index >= 15 is 0 Å². The normalized spacial score (nSPS) is 21.2. The Hall–Kier alpha value is -1.06. The van der Waals surface area contributed by atoms with E-state index in [1.54, 1.807) is 0 Å². The van der Waals surface area contributed by atoms with Crippen LogP contribution in [0.5, 0.6) is 0 Å². The zero-order valence-electron chi connectivity index (χ0n) is 9.71. The largest absolute Gasteiger partial charge is 0.481 e. The van der Waals surface area contributed by atoms with E-state index in [1.165, 1.54) is 0 Å². The number of unbranched alkanes of at least 4 members (excludes halogenated alkanes) is 2. The zero-order valence-corrected chi connectivity index (χ0v) is 9.71. The van der Waals surface area contributed by atoms with E-state index in [4.69, 9.17) is 5.11 Å². The average molecular weight is 227 g/mol. The lowest BCUT2D eigenvalue weighted by Crippen LogP contribution is -2.28. The van der Waals surface area contributed by atoms with E-state index in [0.29, 0.717) is 0 Å². The molecule has 0 bridgehead atoms. The van der Waals surface area contributed by atoms with E-state index in [9.17, 15) is 9.59 Å². The van der Waals surface area contributed by atoms with Gasteiger partial charge in [-0.1, -0.05) is 19.3 Å². The van der Waals surface area contributed by atoms with Crippen molar-refractivity contribution < 1.29 is 14.7 Å². The molecule has 0 aromatic rings. The zero-order chi connectivity index (χ0) is 11.8. The van der Waals surface area contributed by atoms with Gasteiger partial charge in [0, 0.05) is 18.9 Å². The molecule has 1 unspecified atom stereocenters. The van der Waals surface area contributed by atoms with Crippen LogP contribution in [0.25, 0.3) is 0 Å². The van der Waals surface area contributed by atoms with Crippen molar-refractivity contribution in [3.63, 3.8) is 0 Å². The van der Waals surface area contributed by atoms with Crippen LogP contribution < -0.4 is 5.32 Å². The maximum Gasteiger partial charge on any atom is 0.303 e. The van der Waals surface area contributed by atoms with Crippen molar-refractivity contribution >= 4 is 11.9 Å². The molecule has 0 aromatic carbocycles. The third-order valence-electron chi connectivity index (χ3n) is 3.09. The van der Waals surface area contributed by atoms with E-state index in [0.717, 1.165) is 51.5 Å². The first-order chi connectivity index (χ1) is 7.70. The molecule has 4 heteroatoms. The van der Waals surface area contributed by atoms with Crippen LogP contribution in [0, 0.1) is 5.92 Å². The summed E-state index contributed by atoms with van der Waals surface area (Å²) in [4.78, 5) is 21.9. The number of amides is 1. The fourth-order valence-electron chi connectivity index (χ4n) is 2.12. The standard InChI is InChI=1S/C12H21NO3/c14-11(15)8-3-1-2-6-10-7-4-5-9-13-12(10)16/h10H,1-9H2,(H,13,16)(H,14,15). The van der Waals surface area contributed by atoms with E-state index in [-0.39, 0.29) is 18.2 Å². The lowest BCUT2D eigenvalue weighted by atomic mass is 9.95. The highest BCUT2D eigenvalue weighted by atomic mass is 16.4. The van der Waals surface area contributed by atoms with E-state index in [2.05, 4.69) is 5.32 Å². The van der Waals surface area contributed by atoms with Crippen LogP contribution in [0.2, 0.25) is 0 Å². The minimum atomic E-state index is -0.729. The molecule has 1 atom stereocenters. The van der Waals surface area contributed by atoms with Gasteiger partial charge in [0.25, 0.3) is 0 Å². The Bertz CT molecular complexity index is 240. The third-order valence-corrected chi connectivity index (χ3v) is 3.09. The molecule has 0 spiro atoms. The number of carboxylic acid groups (broad SMARTS) is 1. The van der Waals surface area contributed by atoms with Gasteiger partial charge in [-0.3, -0.25) is 9.59 Å². The van der Waals surface area contributed by atoms with Gasteiger partial charge in [0.1, 0.15) is 0 Å². The molecule has 0 radical (unpaired) electrons. The summed E-state index contributed by atoms with van der Waals surface area (Å²) in [5.41, 5.74) is 0. The van der Waals surface area contributed by atoms with Gasteiger partial charge < -0.3 is 10.4 Å². The maximum atomic E-state index is 11.6. The number of carbonyl (C=O) groups excluding carboxylic acids is 1. The fourth-order valence-corrected chi connectivity index (χ4v) is 2.12. The molecule has 1 aliphatic rings. The summed E-state index contributed by atoms with van der Waals surface area (Å²) in [7, 11) is 0. The van der Waals surface area contributed by atoms with Crippen LogP contribution in [-0.2, 0) is 9.59 Å². The molecule has 1 saturated heterocycles. The smallest absolute Gasteiger partial charge is 0.303 e. The Kier molecular flexibility index (Phi) is 5.90. The van der Waals surface area contributed by atoms with Gasteiger partial charge in [-0.15, -0.1) is 0 Å². The summed E-state index contributed by atoms with van der Waals surface area (Å²) < 4.78 is 0. The molecule has 0 aliphatic carbocycles. The minimum Gasteiger partial charge on any atom is -0.481 e. The van der Waals surface area contributed by atoms with Crippen LogP contribution in [0.15, 0.2) is 0 Å². The molecular weight excluding hydrogens is 206 g/mol. The first kappa shape index (κ1) is 13.0. The van der Waals surface area contributed by atoms with Gasteiger partial charge in [-0.25, -0.2) is 0 Å². The molecule has 4 nitrogen and oxygen atoms in total.